The molecule has 0 aliphatic heterocycles. The molecule has 0 heterocycles. The van der Waals surface area contributed by atoms with Crippen molar-refractivity contribution < 1.29 is 13.2 Å². The fraction of sp³-hybridized carbons (Fsp3) is 0.462. The summed E-state index contributed by atoms with van der Waals surface area (Å²) >= 11 is 0. The van der Waals surface area contributed by atoms with Gasteiger partial charge in [0.05, 0.1) is 4.90 Å². The van der Waals surface area contributed by atoms with Crippen molar-refractivity contribution in [3.05, 3.63) is 29.8 Å². The molecular weight excluding hydrogens is 250 g/mol. The first-order valence-corrected chi connectivity index (χ1v) is 7.35. The summed E-state index contributed by atoms with van der Waals surface area (Å²) in [6.45, 7) is 7.17. The number of ketones is 1. The van der Waals surface area contributed by atoms with E-state index in [1.165, 1.54) is 31.2 Å². The van der Waals surface area contributed by atoms with Gasteiger partial charge in [-0.05, 0) is 31.9 Å². The van der Waals surface area contributed by atoms with Crippen LogP contribution in [0.25, 0.3) is 0 Å². The summed E-state index contributed by atoms with van der Waals surface area (Å²) in [7, 11) is -3.51. The van der Waals surface area contributed by atoms with Crippen molar-refractivity contribution in [3.8, 4) is 0 Å². The number of Topliss-reactive ketones (excluding diaryl/α,β-unsaturated/α-hetero) is 1. The molecule has 1 aromatic carbocycles. The van der Waals surface area contributed by atoms with Crippen molar-refractivity contribution in [1.82, 2.24) is 4.72 Å². The van der Waals surface area contributed by atoms with Crippen LogP contribution in [0.3, 0.4) is 0 Å². The summed E-state index contributed by atoms with van der Waals surface area (Å²) in [6, 6.07) is 5.81. The molecule has 0 saturated heterocycles. The van der Waals surface area contributed by atoms with Gasteiger partial charge in [0.25, 0.3) is 0 Å². The highest BCUT2D eigenvalue weighted by Crippen LogP contribution is 2.13. The summed E-state index contributed by atoms with van der Waals surface area (Å²) in [5.74, 6) is 0.138. The van der Waals surface area contributed by atoms with Crippen molar-refractivity contribution in [2.45, 2.75) is 38.6 Å². The third kappa shape index (κ3) is 3.65. The molecule has 18 heavy (non-hydrogen) atoms. The smallest absolute Gasteiger partial charge is 0.240 e. The van der Waals surface area contributed by atoms with Crippen LogP contribution in [0.5, 0.6) is 0 Å². The lowest BCUT2D eigenvalue weighted by Gasteiger charge is -2.17. The molecule has 0 spiro atoms. The lowest BCUT2D eigenvalue weighted by molar-refractivity contribution is 0.101. The minimum Gasteiger partial charge on any atom is -0.295 e. The van der Waals surface area contributed by atoms with Crippen LogP contribution in [-0.4, -0.2) is 20.2 Å². The zero-order chi connectivity index (χ0) is 13.9. The van der Waals surface area contributed by atoms with Gasteiger partial charge in [-0.15, -0.1) is 0 Å². The first kappa shape index (κ1) is 14.9. The van der Waals surface area contributed by atoms with Crippen molar-refractivity contribution in [2.75, 3.05) is 0 Å². The zero-order valence-corrected chi connectivity index (χ0v) is 11.9. The molecule has 1 rings (SSSR count). The fourth-order valence-electron chi connectivity index (χ4n) is 1.32. The summed E-state index contributed by atoms with van der Waals surface area (Å²) in [6.07, 6.45) is 0. The number of sulfonamides is 1. The number of benzene rings is 1. The van der Waals surface area contributed by atoms with E-state index in [2.05, 4.69) is 4.72 Å². The Balaban J connectivity index is 2.95. The molecule has 0 fully saturated rings. The van der Waals surface area contributed by atoms with Gasteiger partial charge in [0.1, 0.15) is 0 Å². The number of rotatable bonds is 5. The van der Waals surface area contributed by atoms with E-state index in [4.69, 9.17) is 0 Å². The normalized spacial score (nSPS) is 13.6. The molecule has 0 saturated carbocycles. The Morgan fingerprint density at radius 1 is 1.11 bits per heavy atom. The highest BCUT2D eigenvalue weighted by molar-refractivity contribution is 7.89. The van der Waals surface area contributed by atoms with E-state index in [0.29, 0.717) is 5.56 Å². The molecule has 0 unspecified atom stereocenters. The Morgan fingerprint density at radius 3 is 2.00 bits per heavy atom. The quantitative estimate of drug-likeness (QED) is 0.834. The highest BCUT2D eigenvalue weighted by atomic mass is 32.2. The van der Waals surface area contributed by atoms with Gasteiger partial charge in [-0.2, -0.15) is 0 Å². The van der Waals surface area contributed by atoms with Crippen molar-refractivity contribution in [2.24, 2.45) is 5.92 Å². The van der Waals surface area contributed by atoms with Crippen LogP contribution < -0.4 is 4.72 Å². The zero-order valence-electron chi connectivity index (χ0n) is 11.1. The topological polar surface area (TPSA) is 63.2 Å². The molecule has 1 aromatic rings. The van der Waals surface area contributed by atoms with Gasteiger partial charge in [-0.3, -0.25) is 4.79 Å². The van der Waals surface area contributed by atoms with Crippen LogP contribution in [0.1, 0.15) is 38.1 Å². The predicted molar refractivity (Wildman–Crippen MR) is 71.1 cm³/mol. The average molecular weight is 269 g/mol. The van der Waals surface area contributed by atoms with Crippen LogP contribution in [0.15, 0.2) is 29.2 Å². The molecule has 0 amide bonds. The maximum absolute atomic E-state index is 12.0. The fourth-order valence-corrected chi connectivity index (χ4v) is 2.71. The second-order valence-corrected chi connectivity index (χ2v) is 6.45. The van der Waals surface area contributed by atoms with Crippen LogP contribution in [0.4, 0.5) is 0 Å². The minimum absolute atomic E-state index is 0.0811. The molecule has 0 radical (unpaired) electrons. The Hall–Kier alpha value is -1.20. The summed E-state index contributed by atoms with van der Waals surface area (Å²) in [5, 5.41) is 0. The number of hydrogen-bond acceptors (Lipinski definition) is 3. The maximum atomic E-state index is 12.0. The Morgan fingerprint density at radius 2 is 1.61 bits per heavy atom. The summed E-state index contributed by atoms with van der Waals surface area (Å²) < 4.78 is 26.7. The Kier molecular flexibility index (Phi) is 4.65. The Bertz CT molecular complexity index is 518. The number of carbonyl (C=O) groups is 1. The molecule has 0 aromatic heterocycles. The molecule has 1 atom stereocenters. The summed E-state index contributed by atoms with van der Waals surface area (Å²) in [4.78, 5) is 11.3. The average Bonchev–Trinajstić information content (AvgIpc) is 2.28. The molecule has 1 N–H and O–H groups in total. The van der Waals surface area contributed by atoms with Crippen molar-refractivity contribution in [3.63, 3.8) is 0 Å². The van der Waals surface area contributed by atoms with Gasteiger partial charge in [0.2, 0.25) is 10.0 Å². The van der Waals surface area contributed by atoms with Crippen LogP contribution >= 0.6 is 0 Å². The summed E-state index contributed by atoms with van der Waals surface area (Å²) in [5.41, 5.74) is 0.505. The van der Waals surface area contributed by atoms with Crippen LogP contribution in [0.2, 0.25) is 0 Å². The second kappa shape index (κ2) is 5.63. The molecule has 5 heteroatoms. The minimum atomic E-state index is -3.51. The largest absolute Gasteiger partial charge is 0.295 e. The van der Waals surface area contributed by atoms with Gasteiger partial charge in [-0.25, -0.2) is 13.1 Å². The predicted octanol–water partition coefficient (Wildman–Crippen LogP) is 2.21. The third-order valence-corrected chi connectivity index (χ3v) is 4.49. The van der Waals surface area contributed by atoms with E-state index < -0.39 is 10.0 Å². The molecule has 100 valence electrons. The van der Waals surface area contributed by atoms with Gasteiger partial charge >= 0.3 is 0 Å². The third-order valence-electron chi connectivity index (χ3n) is 2.91. The monoisotopic (exact) mass is 269 g/mol. The standard InChI is InChI=1S/C13H19NO3S/c1-9(2)10(3)14-18(16,17)13-7-5-12(6-8-13)11(4)15/h5-10,14H,1-4H3/t10-/m1/s1. The molecule has 0 aliphatic rings. The van der Waals surface area contributed by atoms with E-state index in [1.54, 1.807) is 0 Å². The van der Waals surface area contributed by atoms with E-state index in [9.17, 15) is 13.2 Å². The van der Waals surface area contributed by atoms with Gasteiger partial charge in [0, 0.05) is 11.6 Å². The van der Waals surface area contributed by atoms with Gasteiger partial charge < -0.3 is 0 Å². The second-order valence-electron chi connectivity index (χ2n) is 4.73. The van der Waals surface area contributed by atoms with Crippen LogP contribution in [-0.2, 0) is 10.0 Å². The maximum Gasteiger partial charge on any atom is 0.240 e. The number of hydrogen-bond donors (Lipinski definition) is 1. The van der Waals surface area contributed by atoms with E-state index in [-0.39, 0.29) is 22.6 Å². The molecular formula is C13H19NO3S. The number of nitrogens with one attached hydrogen (secondary N) is 1. The lowest BCUT2D eigenvalue weighted by Crippen LogP contribution is -2.36. The Labute approximate surface area is 108 Å². The van der Waals surface area contributed by atoms with Crippen molar-refractivity contribution in [1.29, 1.82) is 0 Å². The highest BCUT2D eigenvalue weighted by Gasteiger charge is 2.19. The molecule has 0 bridgehead atoms. The molecule has 0 aliphatic carbocycles. The number of carbonyl (C=O) groups excluding carboxylic acids is 1. The van der Waals surface area contributed by atoms with Crippen LogP contribution in [0, 0.1) is 5.92 Å². The van der Waals surface area contributed by atoms with E-state index in [0.717, 1.165) is 0 Å². The first-order valence-electron chi connectivity index (χ1n) is 5.87. The first-order chi connectivity index (χ1) is 8.24. The van der Waals surface area contributed by atoms with E-state index in [1.807, 2.05) is 20.8 Å². The van der Waals surface area contributed by atoms with E-state index >= 15 is 0 Å². The lowest BCUT2D eigenvalue weighted by atomic mass is 10.1. The molecule has 4 nitrogen and oxygen atoms in total. The van der Waals surface area contributed by atoms with Gasteiger partial charge in [0.15, 0.2) is 5.78 Å². The van der Waals surface area contributed by atoms with Gasteiger partial charge in [-0.1, -0.05) is 26.0 Å². The van der Waals surface area contributed by atoms with Crippen molar-refractivity contribution >= 4 is 15.8 Å². The SMILES string of the molecule is CC(=O)c1ccc(S(=O)(=O)N[C@H](C)C(C)C)cc1.